The van der Waals surface area contributed by atoms with Crippen LogP contribution in [-0.2, 0) is 19.1 Å². The summed E-state index contributed by atoms with van der Waals surface area (Å²) in [6.07, 6.45) is -0.310. The number of nitrogens with zero attached hydrogens (tertiary/aromatic N) is 2. The maximum absolute atomic E-state index is 13.3. The average molecular weight is 457 g/mol. The zero-order valence-corrected chi connectivity index (χ0v) is 18.2. The molecule has 10 heteroatoms. The Balaban J connectivity index is 1.77. The molecule has 0 bridgehead atoms. The van der Waals surface area contributed by atoms with E-state index in [2.05, 4.69) is 5.32 Å². The second kappa shape index (κ2) is 10.7. The van der Waals surface area contributed by atoms with Crippen molar-refractivity contribution in [2.45, 2.75) is 19.4 Å². The van der Waals surface area contributed by atoms with Crippen molar-refractivity contribution in [3.8, 4) is 0 Å². The zero-order chi connectivity index (χ0) is 24.0. The van der Waals surface area contributed by atoms with Crippen molar-refractivity contribution in [2.75, 3.05) is 37.1 Å². The molecule has 1 saturated heterocycles. The summed E-state index contributed by atoms with van der Waals surface area (Å²) in [5.74, 6) is -2.15. The molecule has 2 aromatic rings. The number of amides is 4. The van der Waals surface area contributed by atoms with E-state index in [4.69, 9.17) is 9.47 Å². The Hall–Kier alpha value is -3.79. The van der Waals surface area contributed by atoms with E-state index in [1.165, 1.54) is 30.2 Å². The highest BCUT2D eigenvalue weighted by Gasteiger charge is 2.46. The van der Waals surface area contributed by atoms with Crippen LogP contribution in [0.2, 0.25) is 0 Å². The van der Waals surface area contributed by atoms with Gasteiger partial charge in [0.2, 0.25) is 5.91 Å². The Kier molecular flexibility index (Phi) is 7.73. The van der Waals surface area contributed by atoms with E-state index >= 15 is 0 Å². The van der Waals surface area contributed by atoms with Gasteiger partial charge in [0.1, 0.15) is 11.9 Å². The SMILES string of the molecule is CCOC(=O)c1cccc(NC(=O)C[C@H]2C(=O)N(c3ccc(F)cc3)C(=O)N2CCOC)c1. The number of carbonyl (C=O) groups is 4. The van der Waals surface area contributed by atoms with Gasteiger partial charge in [0.05, 0.1) is 30.9 Å². The molecule has 174 valence electrons. The fourth-order valence-corrected chi connectivity index (χ4v) is 3.43. The second-order valence-electron chi connectivity index (χ2n) is 7.19. The van der Waals surface area contributed by atoms with Gasteiger partial charge in [0, 0.05) is 19.3 Å². The number of hydrogen-bond acceptors (Lipinski definition) is 6. The van der Waals surface area contributed by atoms with Gasteiger partial charge in [0.15, 0.2) is 0 Å². The highest BCUT2D eigenvalue weighted by molar-refractivity contribution is 6.22. The molecular weight excluding hydrogens is 433 g/mol. The first-order valence-corrected chi connectivity index (χ1v) is 10.3. The fourth-order valence-electron chi connectivity index (χ4n) is 3.43. The number of methoxy groups -OCH3 is 1. The van der Waals surface area contributed by atoms with E-state index in [0.29, 0.717) is 5.69 Å². The molecule has 33 heavy (non-hydrogen) atoms. The average Bonchev–Trinajstić information content (AvgIpc) is 3.02. The first-order chi connectivity index (χ1) is 15.8. The molecule has 1 heterocycles. The molecule has 2 aromatic carbocycles. The largest absolute Gasteiger partial charge is 0.462 e. The number of hydrogen-bond donors (Lipinski definition) is 1. The smallest absolute Gasteiger partial charge is 0.338 e. The van der Waals surface area contributed by atoms with Crippen molar-refractivity contribution in [1.29, 1.82) is 0 Å². The Bertz CT molecular complexity index is 1040. The lowest BCUT2D eigenvalue weighted by Gasteiger charge is -2.21. The lowest BCUT2D eigenvalue weighted by molar-refractivity contribution is -0.124. The van der Waals surface area contributed by atoms with Crippen molar-refractivity contribution in [3.05, 3.63) is 59.9 Å². The van der Waals surface area contributed by atoms with E-state index in [1.54, 1.807) is 25.1 Å². The number of rotatable bonds is 9. The molecule has 9 nitrogen and oxygen atoms in total. The molecule has 1 N–H and O–H groups in total. The van der Waals surface area contributed by atoms with Crippen LogP contribution in [0.3, 0.4) is 0 Å². The van der Waals surface area contributed by atoms with Crippen molar-refractivity contribution in [2.24, 2.45) is 0 Å². The number of carbonyl (C=O) groups excluding carboxylic acids is 4. The molecule has 4 amide bonds. The van der Waals surface area contributed by atoms with Gasteiger partial charge in [-0.2, -0.15) is 0 Å². The standard InChI is InChI=1S/C23H24FN3O6/c1-3-33-22(30)15-5-4-6-17(13-15)25-20(28)14-19-21(29)27(18-9-7-16(24)8-10-18)23(31)26(19)11-12-32-2/h4-10,13,19H,3,11-12,14H2,1-2H3,(H,25,28)/t19-/m0/s1. The summed E-state index contributed by atoms with van der Waals surface area (Å²) in [5, 5.41) is 2.64. The van der Waals surface area contributed by atoms with Gasteiger partial charge >= 0.3 is 12.0 Å². The summed E-state index contributed by atoms with van der Waals surface area (Å²) >= 11 is 0. The highest BCUT2D eigenvalue weighted by atomic mass is 19.1. The lowest BCUT2D eigenvalue weighted by Crippen LogP contribution is -2.39. The molecule has 0 unspecified atom stereocenters. The molecule has 0 aliphatic carbocycles. The Morgan fingerprint density at radius 2 is 1.85 bits per heavy atom. The number of ether oxygens (including phenoxy) is 2. The second-order valence-corrected chi connectivity index (χ2v) is 7.19. The molecule has 0 radical (unpaired) electrons. The minimum atomic E-state index is -1.06. The Labute approximate surface area is 190 Å². The summed E-state index contributed by atoms with van der Waals surface area (Å²) in [4.78, 5) is 52.8. The maximum Gasteiger partial charge on any atom is 0.338 e. The van der Waals surface area contributed by atoms with Crippen molar-refractivity contribution >= 4 is 35.2 Å². The predicted octanol–water partition coefficient (Wildman–Crippen LogP) is 2.81. The van der Waals surface area contributed by atoms with Crippen LogP contribution >= 0.6 is 0 Å². The van der Waals surface area contributed by atoms with Crippen LogP contribution in [0.15, 0.2) is 48.5 Å². The third-order valence-electron chi connectivity index (χ3n) is 4.98. The minimum Gasteiger partial charge on any atom is -0.462 e. The number of imide groups is 1. The van der Waals surface area contributed by atoms with Gasteiger partial charge < -0.3 is 19.7 Å². The Morgan fingerprint density at radius 3 is 2.52 bits per heavy atom. The Morgan fingerprint density at radius 1 is 1.12 bits per heavy atom. The number of halogens is 1. The fraction of sp³-hybridized carbons (Fsp3) is 0.304. The number of nitrogens with one attached hydrogen (secondary N) is 1. The van der Waals surface area contributed by atoms with Crippen LogP contribution in [-0.4, -0.2) is 61.6 Å². The number of urea groups is 1. The summed E-state index contributed by atoms with van der Waals surface area (Å²) in [5.41, 5.74) is 0.825. The molecule has 1 aliphatic heterocycles. The zero-order valence-electron chi connectivity index (χ0n) is 18.2. The molecule has 1 fully saturated rings. The molecule has 3 rings (SSSR count). The first kappa shape index (κ1) is 23.9. The number of esters is 1. The molecule has 0 spiro atoms. The van der Waals surface area contributed by atoms with Gasteiger partial charge in [-0.05, 0) is 49.4 Å². The van der Waals surface area contributed by atoms with Crippen LogP contribution in [0.1, 0.15) is 23.7 Å². The van der Waals surface area contributed by atoms with Gasteiger partial charge in [0.25, 0.3) is 5.91 Å². The van der Waals surface area contributed by atoms with Crippen LogP contribution in [0.25, 0.3) is 0 Å². The predicted molar refractivity (Wildman–Crippen MR) is 117 cm³/mol. The maximum atomic E-state index is 13.3. The summed E-state index contributed by atoms with van der Waals surface area (Å²) in [6, 6.07) is 9.45. The third kappa shape index (κ3) is 5.53. The van der Waals surface area contributed by atoms with E-state index in [0.717, 1.165) is 17.0 Å². The lowest BCUT2D eigenvalue weighted by atomic mass is 10.1. The summed E-state index contributed by atoms with van der Waals surface area (Å²) in [7, 11) is 1.46. The van der Waals surface area contributed by atoms with Crippen LogP contribution in [0, 0.1) is 5.82 Å². The van der Waals surface area contributed by atoms with Gasteiger partial charge in [-0.1, -0.05) is 6.07 Å². The van der Waals surface area contributed by atoms with Crippen LogP contribution in [0.4, 0.5) is 20.6 Å². The number of anilines is 2. The summed E-state index contributed by atoms with van der Waals surface area (Å²) in [6.45, 7) is 2.16. The monoisotopic (exact) mass is 457 g/mol. The van der Waals surface area contributed by atoms with E-state index in [-0.39, 0.29) is 37.4 Å². The molecule has 1 atom stereocenters. The molecule has 0 saturated carbocycles. The van der Waals surface area contributed by atoms with Crippen LogP contribution < -0.4 is 10.2 Å². The van der Waals surface area contributed by atoms with Crippen molar-refractivity contribution in [1.82, 2.24) is 4.90 Å². The van der Waals surface area contributed by atoms with E-state index in [9.17, 15) is 23.6 Å². The number of benzene rings is 2. The van der Waals surface area contributed by atoms with Gasteiger partial charge in [-0.3, -0.25) is 9.59 Å². The van der Waals surface area contributed by atoms with Crippen LogP contribution in [0.5, 0.6) is 0 Å². The van der Waals surface area contributed by atoms with Crippen molar-refractivity contribution < 1.29 is 33.0 Å². The van der Waals surface area contributed by atoms with E-state index < -0.39 is 35.7 Å². The molecule has 1 aliphatic rings. The minimum absolute atomic E-state index is 0.0923. The molecule has 0 aromatic heterocycles. The van der Waals surface area contributed by atoms with E-state index in [1.807, 2.05) is 0 Å². The van der Waals surface area contributed by atoms with Gasteiger partial charge in [-0.15, -0.1) is 0 Å². The summed E-state index contributed by atoms with van der Waals surface area (Å²) < 4.78 is 23.3. The normalized spacial score (nSPS) is 15.7. The highest BCUT2D eigenvalue weighted by Crippen LogP contribution is 2.27. The topological polar surface area (TPSA) is 105 Å². The van der Waals surface area contributed by atoms with Gasteiger partial charge in [-0.25, -0.2) is 18.9 Å². The quantitative estimate of drug-likeness (QED) is 0.459. The third-order valence-corrected chi connectivity index (χ3v) is 4.98. The molecular formula is C23H24FN3O6. The van der Waals surface area contributed by atoms with Crippen molar-refractivity contribution in [3.63, 3.8) is 0 Å². The first-order valence-electron chi connectivity index (χ1n) is 10.3.